The Morgan fingerprint density at radius 1 is 0.976 bits per heavy atom. The number of guanidine groups is 1. The fourth-order valence-corrected chi connectivity index (χ4v) is 4.80. The fourth-order valence-electron chi connectivity index (χ4n) is 4.80. The number of benzene rings is 1. The summed E-state index contributed by atoms with van der Waals surface area (Å²) in [6.45, 7) is 6.68. The number of likely N-dealkylation sites (N-methyl/N-ethyl adjacent to an activating group) is 1. The number of carbonyl (C=O) groups is 5. The average Bonchev–Trinajstić information content (AvgIpc) is 2.91. The first kappa shape index (κ1) is 33.0. The number of nitrogens with one attached hydrogen (secondary N) is 6. The highest BCUT2D eigenvalue weighted by molar-refractivity contribution is 5.97. The minimum Gasteiger partial charge on any atom is -0.370 e. The number of nitrogens with zero attached hydrogens (tertiary/aromatic N) is 1. The van der Waals surface area contributed by atoms with Gasteiger partial charge in [0, 0.05) is 19.5 Å². The first-order valence-electron chi connectivity index (χ1n) is 13.9. The van der Waals surface area contributed by atoms with Crippen LogP contribution in [0.2, 0.25) is 0 Å². The van der Waals surface area contributed by atoms with E-state index >= 15 is 0 Å². The molecule has 1 heterocycles. The maximum atomic E-state index is 13.8. The molecule has 41 heavy (non-hydrogen) atoms. The second-order valence-electron chi connectivity index (χ2n) is 10.7. The third-order valence-corrected chi connectivity index (χ3v) is 6.97. The highest BCUT2D eigenvalue weighted by atomic mass is 16.2. The predicted molar refractivity (Wildman–Crippen MR) is 154 cm³/mol. The van der Waals surface area contributed by atoms with Gasteiger partial charge in [-0.05, 0) is 37.7 Å². The first-order valence-corrected chi connectivity index (χ1v) is 13.9. The second kappa shape index (κ2) is 15.6. The summed E-state index contributed by atoms with van der Waals surface area (Å²) in [5, 5.41) is 20.9. The summed E-state index contributed by atoms with van der Waals surface area (Å²) in [5.74, 6) is -3.29. The van der Waals surface area contributed by atoms with Gasteiger partial charge < -0.3 is 37.2 Å². The quantitative estimate of drug-likeness (QED) is 0.159. The van der Waals surface area contributed by atoms with Gasteiger partial charge in [-0.1, -0.05) is 51.1 Å². The molecule has 0 radical (unpaired) electrons. The second-order valence-corrected chi connectivity index (χ2v) is 10.7. The molecule has 0 aromatic heterocycles. The molecule has 1 aromatic rings. The lowest BCUT2D eigenvalue weighted by Crippen LogP contribution is -2.59. The Hall–Kier alpha value is -4.16. The Bertz CT molecular complexity index is 1100. The molecular formula is C28H44N8O5. The summed E-state index contributed by atoms with van der Waals surface area (Å²) < 4.78 is 0. The van der Waals surface area contributed by atoms with E-state index in [2.05, 4.69) is 26.6 Å². The van der Waals surface area contributed by atoms with E-state index < -0.39 is 60.2 Å². The molecule has 1 fully saturated rings. The van der Waals surface area contributed by atoms with Crippen LogP contribution >= 0.6 is 0 Å². The Kier molecular flexibility index (Phi) is 12.6. The van der Waals surface area contributed by atoms with Crippen LogP contribution in [0.25, 0.3) is 0 Å². The van der Waals surface area contributed by atoms with Gasteiger partial charge in [-0.3, -0.25) is 29.4 Å². The van der Waals surface area contributed by atoms with Gasteiger partial charge in [-0.15, -0.1) is 0 Å². The molecule has 1 aliphatic rings. The van der Waals surface area contributed by atoms with Crippen molar-refractivity contribution in [1.82, 2.24) is 31.5 Å². The van der Waals surface area contributed by atoms with Crippen molar-refractivity contribution in [2.75, 3.05) is 13.6 Å². The van der Waals surface area contributed by atoms with Gasteiger partial charge in [-0.25, -0.2) is 0 Å². The van der Waals surface area contributed by atoms with E-state index in [4.69, 9.17) is 11.1 Å². The molecule has 0 bridgehead atoms. The van der Waals surface area contributed by atoms with Crippen LogP contribution in [0, 0.1) is 11.3 Å². The number of nitrogens with two attached hydrogens (primary N) is 1. The number of amides is 5. The van der Waals surface area contributed by atoms with E-state index in [1.807, 2.05) is 30.3 Å². The SMILES string of the molecule is CC[C@@H]1NC(=O)CNC(=O)[C@H](CCC(C)NC(=N)N)NC(=O)[C@H](C(C)C)N(C)C(=O)[C@@H](Cc2ccccc2)NC1=O. The summed E-state index contributed by atoms with van der Waals surface area (Å²) in [7, 11) is 1.50. The first-order chi connectivity index (χ1) is 19.3. The van der Waals surface area contributed by atoms with Crippen molar-refractivity contribution in [3.8, 4) is 0 Å². The maximum absolute atomic E-state index is 13.8. The van der Waals surface area contributed by atoms with Crippen LogP contribution in [0.4, 0.5) is 0 Å². The number of rotatable bonds is 8. The van der Waals surface area contributed by atoms with Gasteiger partial charge in [0.15, 0.2) is 5.96 Å². The smallest absolute Gasteiger partial charge is 0.245 e. The molecule has 8 N–H and O–H groups in total. The third-order valence-electron chi connectivity index (χ3n) is 6.97. The zero-order valence-electron chi connectivity index (χ0n) is 24.5. The van der Waals surface area contributed by atoms with Gasteiger partial charge in [0.2, 0.25) is 29.5 Å². The van der Waals surface area contributed by atoms with Crippen molar-refractivity contribution < 1.29 is 24.0 Å². The zero-order valence-corrected chi connectivity index (χ0v) is 24.5. The Morgan fingerprint density at radius 2 is 1.61 bits per heavy atom. The molecule has 5 amide bonds. The summed E-state index contributed by atoms with van der Waals surface area (Å²) in [5.41, 5.74) is 6.22. The van der Waals surface area contributed by atoms with Crippen molar-refractivity contribution in [2.24, 2.45) is 11.7 Å². The minimum atomic E-state index is -1.02. The molecular weight excluding hydrogens is 528 g/mol. The van der Waals surface area contributed by atoms with Crippen LogP contribution in [0.3, 0.4) is 0 Å². The monoisotopic (exact) mass is 572 g/mol. The number of hydrogen-bond donors (Lipinski definition) is 7. The third kappa shape index (κ3) is 10.1. The summed E-state index contributed by atoms with van der Waals surface area (Å²) in [6, 6.07) is 5.00. The molecule has 1 saturated heterocycles. The summed E-state index contributed by atoms with van der Waals surface area (Å²) in [6.07, 6.45) is 0.986. The molecule has 13 heteroatoms. The van der Waals surface area contributed by atoms with E-state index in [9.17, 15) is 24.0 Å². The van der Waals surface area contributed by atoms with Crippen LogP contribution < -0.4 is 32.3 Å². The molecule has 1 aliphatic heterocycles. The van der Waals surface area contributed by atoms with Crippen LogP contribution in [0.1, 0.15) is 52.5 Å². The van der Waals surface area contributed by atoms with Crippen molar-refractivity contribution in [2.45, 2.75) is 83.6 Å². The highest BCUT2D eigenvalue weighted by Crippen LogP contribution is 2.15. The van der Waals surface area contributed by atoms with Gasteiger partial charge >= 0.3 is 0 Å². The van der Waals surface area contributed by atoms with E-state index in [1.165, 1.54) is 11.9 Å². The molecule has 13 nitrogen and oxygen atoms in total. The van der Waals surface area contributed by atoms with Gasteiger partial charge in [-0.2, -0.15) is 0 Å². The lowest BCUT2D eigenvalue weighted by Gasteiger charge is -2.34. The van der Waals surface area contributed by atoms with Gasteiger partial charge in [0.1, 0.15) is 24.2 Å². The van der Waals surface area contributed by atoms with E-state index in [-0.39, 0.29) is 37.2 Å². The molecule has 2 rings (SSSR count). The topological polar surface area (TPSA) is 199 Å². The predicted octanol–water partition coefficient (Wildman–Crippen LogP) is -0.642. The van der Waals surface area contributed by atoms with E-state index in [0.29, 0.717) is 6.42 Å². The summed E-state index contributed by atoms with van der Waals surface area (Å²) in [4.78, 5) is 67.7. The van der Waals surface area contributed by atoms with E-state index in [0.717, 1.165) is 5.56 Å². The Balaban J connectivity index is 2.45. The zero-order chi connectivity index (χ0) is 30.7. The maximum Gasteiger partial charge on any atom is 0.245 e. The van der Waals surface area contributed by atoms with Gasteiger partial charge in [0.05, 0.1) is 6.54 Å². The van der Waals surface area contributed by atoms with Crippen molar-refractivity contribution in [3.63, 3.8) is 0 Å². The molecule has 5 atom stereocenters. The molecule has 1 aromatic carbocycles. The summed E-state index contributed by atoms with van der Waals surface area (Å²) >= 11 is 0. The molecule has 1 unspecified atom stereocenters. The molecule has 0 spiro atoms. The molecule has 226 valence electrons. The van der Waals surface area contributed by atoms with Crippen LogP contribution in [-0.4, -0.2) is 84.2 Å². The number of hydrogen-bond acceptors (Lipinski definition) is 6. The van der Waals surface area contributed by atoms with Crippen molar-refractivity contribution >= 4 is 35.5 Å². The Labute approximate surface area is 241 Å². The standard InChI is InChI=1S/C28H44N8O5/c1-6-19-25(39)35-21(14-18-10-8-7-9-11-18)27(41)36(5)23(16(2)3)26(40)34-20(13-12-17(4)32-28(29)30)24(38)31-15-22(37)33-19/h7-11,16-17,19-21,23H,6,12-15H2,1-5H3,(H,31,38)(H,33,37)(H,34,40)(H,35,39)(H4,29,30,32)/t17?,19-,20-,21+,23-/m0/s1. The Morgan fingerprint density at radius 3 is 2.20 bits per heavy atom. The van der Waals surface area contributed by atoms with Gasteiger partial charge in [0.25, 0.3) is 0 Å². The number of carbonyl (C=O) groups excluding carboxylic acids is 5. The minimum absolute atomic E-state index is 0.177. The molecule has 0 aliphatic carbocycles. The lowest BCUT2D eigenvalue weighted by molar-refractivity contribution is -0.144. The average molecular weight is 573 g/mol. The van der Waals surface area contributed by atoms with E-state index in [1.54, 1.807) is 27.7 Å². The normalized spacial score (nSPS) is 23.9. The van der Waals surface area contributed by atoms with Crippen molar-refractivity contribution in [1.29, 1.82) is 5.41 Å². The van der Waals surface area contributed by atoms with Crippen LogP contribution in [-0.2, 0) is 30.4 Å². The molecule has 0 saturated carbocycles. The van der Waals surface area contributed by atoms with Crippen molar-refractivity contribution in [3.05, 3.63) is 35.9 Å². The fraction of sp³-hybridized carbons (Fsp3) is 0.571. The highest BCUT2D eigenvalue weighted by Gasteiger charge is 2.37. The lowest BCUT2D eigenvalue weighted by atomic mass is 9.98. The largest absolute Gasteiger partial charge is 0.370 e. The van der Waals surface area contributed by atoms with Crippen LogP contribution in [0.5, 0.6) is 0 Å². The van der Waals surface area contributed by atoms with Crippen LogP contribution in [0.15, 0.2) is 30.3 Å².